The van der Waals surface area contributed by atoms with Gasteiger partial charge < -0.3 is 21.1 Å². The molecule has 1 aromatic carbocycles. The van der Waals surface area contributed by atoms with Crippen molar-refractivity contribution < 1.29 is 9.90 Å². The number of hydrogen-bond acceptors (Lipinski definition) is 4. The highest BCUT2D eigenvalue weighted by Gasteiger charge is 2.19. The molecule has 0 aliphatic carbocycles. The predicted molar refractivity (Wildman–Crippen MR) is 75.8 cm³/mol. The normalized spacial score (nSPS) is 12.6. The number of hydrogen-bond donors (Lipinski definition) is 3. The number of likely N-dealkylation sites (N-methyl/N-ethyl adjacent to an activating group) is 1. The van der Waals surface area contributed by atoms with Crippen molar-refractivity contribution in [3.63, 3.8) is 0 Å². The number of para-hydroxylation sites is 1. The summed E-state index contributed by atoms with van der Waals surface area (Å²) in [5.74, 6) is -0.400. The molecule has 0 saturated heterocycles. The molecule has 0 heterocycles. The van der Waals surface area contributed by atoms with Gasteiger partial charge in [0, 0.05) is 18.7 Å². The molecule has 0 saturated carbocycles. The van der Waals surface area contributed by atoms with Crippen molar-refractivity contribution in [2.45, 2.75) is 19.9 Å². The third-order valence-electron chi connectivity index (χ3n) is 3.20. The lowest BCUT2D eigenvalue weighted by molar-refractivity contribution is -0.120. The van der Waals surface area contributed by atoms with E-state index >= 15 is 0 Å². The number of nitrogens with zero attached hydrogens (tertiary/aromatic N) is 1. The highest BCUT2D eigenvalue weighted by Crippen LogP contribution is 2.23. The quantitative estimate of drug-likeness (QED) is 0.651. The van der Waals surface area contributed by atoms with Gasteiger partial charge in [-0.2, -0.15) is 0 Å². The minimum atomic E-state index is -0.656. The van der Waals surface area contributed by atoms with Gasteiger partial charge in [-0.3, -0.25) is 4.79 Å². The molecule has 1 atom stereocenters. The van der Waals surface area contributed by atoms with Crippen molar-refractivity contribution in [3.8, 4) is 5.75 Å². The SMILES string of the molecule is CCN(CC)CCNC(C(N)=O)c1ccccc1O. The number of primary amides is 1. The Morgan fingerprint density at radius 1 is 1.37 bits per heavy atom. The highest BCUT2D eigenvalue weighted by atomic mass is 16.3. The fourth-order valence-corrected chi connectivity index (χ4v) is 2.00. The second-order valence-electron chi connectivity index (χ2n) is 4.38. The first-order valence-corrected chi connectivity index (χ1v) is 6.63. The van der Waals surface area contributed by atoms with Crippen molar-refractivity contribution in [2.24, 2.45) is 5.73 Å². The first-order chi connectivity index (χ1) is 9.10. The molecule has 0 radical (unpaired) electrons. The van der Waals surface area contributed by atoms with Gasteiger partial charge in [0.2, 0.25) is 5.91 Å². The van der Waals surface area contributed by atoms with Crippen LogP contribution in [0.1, 0.15) is 25.5 Å². The Bertz CT molecular complexity index is 405. The zero-order chi connectivity index (χ0) is 14.3. The van der Waals surface area contributed by atoms with Gasteiger partial charge in [0.1, 0.15) is 11.8 Å². The lowest BCUT2D eigenvalue weighted by atomic mass is 10.1. The summed E-state index contributed by atoms with van der Waals surface area (Å²) in [7, 11) is 0. The van der Waals surface area contributed by atoms with Gasteiger partial charge in [-0.15, -0.1) is 0 Å². The third kappa shape index (κ3) is 4.54. The summed E-state index contributed by atoms with van der Waals surface area (Å²) in [4.78, 5) is 13.7. The van der Waals surface area contributed by atoms with E-state index in [9.17, 15) is 9.90 Å². The van der Waals surface area contributed by atoms with E-state index in [1.807, 2.05) is 0 Å². The van der Waals surface area contributed by atoms with E-state index in [0.29, 0.717) is 12.1 Å². The molecule has 1 aromatic rings. The van der Waals surface area contributed by atoms with Crippen LogP contribution in [0.3, 0.4) is 0 Å². The van der Waals surface area contributed by atoms with Crippen molar-refractivity contribution in [2.75, 3.05) is 26.2 Å². The van der Waals surface area contributed by atoms with Gasteiger partial charge in [-0.25, -0.2) is 0 Å². The summed E-state index contributed by atoms with van der Waals surface area (Å²) in [6, 6.07) is 6.09. The molecule has 4 N–H and O–H groups in total. The minimum absolute atomic E-state index is 0.0849. The van der Waals surface area contributed by atoms with Crippen molar-refractivity contribution in [3.05, 3.63) is 29.8 Å². The summed E-state index contributed by atoms with van der Waals surface area (Å²) in [6.07, 6.45) is 0. The molecule has 1 rings (SSSR count). The molecule has 5 nitrogen and oxygen atoms in total. The maximum Gasteiger partial charge on any atom is 0.239 e. The Morgan fingerprint density at radius 3 is 2.53 bits per heavy atom. The highest BCUT2D eigenvalue weighted by molar-refractivity contribution is 5.82. The number of benzene rings is 1. The molecule has 19 heavy (non-hydrogen) atoms. The molecule has 0 aromatic heterocycles. The van der Waals surface area contributed by atoms with Gasteiger partial charge in [0.25, 0.3) is 0 Å². The van der Waals surface area contributed by atoms with Crippen LogP contribution < -0.4 is 11.1 Å². The van der Waals surface area contributed by atoms with Gasteiger partial charge in [0.15, 0.2) is 0 Å². The van der Waals surface area contributed by atoms with Gasteiger partial charge in [0.05, 0.1) is 0 Å². The van der Waals surface area contributed by atoms with Crippen molar-refractivity contribution in [1.29, 1.82) is 0 Å². The maximum atomic E-state index is 11.5. The van der Waals surface area contributed by atoms with Crippen LogP contribution in [0, 0.1) is 0 Å². The fraction of sp³-hybridized carbons (Fsp3) is 0.500. The predicted octanol–water partition coefficient (Wildman–Crippen LogP) is 0.850. The molecule has 1 amide bonds. The molecule has 5 heteroatoms. The van der Waals surface area contributed by atoms with E-state index in [-0.39, 0.29) is 5.75 Å². The van der Waals surface area contributed by atoms with Crippen molar-refractivity contribution in [1.82, 2.24) is 10.2 Å². The van der Waals surface area contributed by atoms with Crippen LogP contribution in [0.5, 0.6) is 5.75 Å². The lowest BCUT2D eigenvalue weighted by Gasteiger charge is -2.21. The monoisotopic (exact) mass is 265 g/mol. The van der Waals surface area contributed by atoms with Crippen LogP contribution in [0.25, 0.3) is 0 Å². The van der Waals surface area contributed by atoms with Crippen molar-refractivity contribution >= 4 is 5.91 Å². The molecular formula is C14H23N3O2. The largest absolute Gasteiger partial charge is 0.508 e. The Balaban J connectivity index is 2.65. The number of phenolic OH excluding ortho intramolecular Hbond substituents is 1. The molecule has 1 unspecified atom stereocenters. The Hall–Kier alpha value is -1.59. The summed E-state index contributed by atoms with van der Waals surface area (Å²) in [5, 5.41) is 12.9. The van der Waals surface area contributed by atoms with Crippen LogP contribution >= 0.6 is 0 Å². The summed E-state index contributed by atoms with van der Waals surface area (Å²) in [5.41, 5.74) is 5.92. The molecule has 0 aliphatic rings. The number of carbonyl (C=O) groups excluding carboxylic acids is 1. The number of rotatable bonds is 8. The third-order valence-corrected chi connectivity index (χ3v) is 3.20. The van der Waals surface area contributed by atoms with E-state index in [0.717, 1.165) is 19.6 Å². The molecule has 0 fully saturated rings. The second-order valence-corrected chi connectivity index (χ2v) is 4.38. The van der Waals surface area contributed by atoms with E-state index < -0.39 is 11.9 Å². The van der Waals surface area contributed by atoms with Crippen LogP contribution in [-0.2, 0) is 4.79 Å². The zero-order valence-corrected chi connectivity index (χ0v) is 11.6. The van der Waals surface area contributed by atoms with E-state index in [2.05, 4.69) is 24.1 Å². The number of aromatic hydroxyl groups is 1. The molecule has 0 aliphatic heterocycles. The minimum Gasteiger partial charge on any atom is -0.508 e. The number of carbonyl (C=O) groups is 1. The topological polar surface area (TPSA) is 78.6 Å². The van der Waals surface area contributed by atoms with Crippen LogP contribution in [-0.4, -0.2) is 42.1 Å². The number of nitrogens with one attached hydrogen (secondary N) is 1. The zero-order valence-electron chi connectivity index (χ0n) is 11.6. The number of nitrogens with two attached hydrogens (primary N) is 1. The van der Waals surface area contributed by atoms with Crippen LogP contribution in [0.2, 0.25) is 0 Å². The van der Waals surface area contributed by atoms with Crippen LogP contribution in [0.15, 0.2) is 24.3 Å². The van der Waals surface area contributed by atoms with Gasteiger partial charge in [-0.1, -0.05) is 32.0 Å². The second kappa shape index (κ2) is 7.76. The fourth-order valence-electron chi connectivity index (χ4n) is 2.00. The lowest BCUT2D eigenvalue weighted by Crippen LogP contribution is -2.38. The number of phenols is 1. The standard InChI is InChI=1S/C14H23N3O2/c1-3-17(4-2)10-9-16-13(14(15)19)11-7-5-6-8-12(11)18/h5-8,13,16,18H,3-4,9-10H2,1-2H3,(H2,15,19). The first kappa shape index (κ1) is 15.5. The molecular weight excluding hydrogens is 242 g/mol. The average molecular weight is 265 g/mol. The summed E-state index contributed by atoms with van der Waals surface area (Å²) in [6.45, 7) is 7.61. The van der Waals surface area contributed by atoms with Gasteiger partial charge in [-0.05, 0) is 19.2 Å². The Morgan fingerprint density at radius 2 is 2.00 bits per heavy atom. The maximum absolute atomic E-state index is 11.5. The Labute approximate surface area is 114 Å². The molecule has 0 bridgehead atoms. The van der Waals surface area contributed by atoms with E-state index in [1.54, 1.807) is 24.3 Å². The molecule has 106 valence electrons. The smallest absolute Gasteiger partial charge is 0.239 e. The summed E-state index contributed by atoms with van der Waals surface area (Å²) < 4.78 is 0. The number of amides is 1. The van der Waals surface area contributed by atoms with E-state index in [1.165, 1.54) is 0 Å². The Kier molecular flexibility index (Phi) is 6.32. The average Bonchev–Trinajstić information content (AvgIpc) is 2.40. The molecule has 0 spiro atoms. The van der Waals surface area contributed by atoms with E-state index in [4.69, 9.17) is 5.73 Å². The van der Waals surface area contributed by atoms with Crippen LogP contribution in [0.4, 0.5) is 0 Å². The summed E-state index contributed by atoms with van der Waals surface area (Å²) >= 11 is 0. The van der Waals surface area contributed by atoms with Gasteiger partial charge >= 0.3 is 0 Å². The first-order valence-electron chi connectivity index (χ1n) is 6.63.